The molecule has 1 rings (SSSR count). The summed E-state index contributed by atoms with van der Waals surface area (Å²) in [7, 11) is 1.21. The summed E-state index contributed by atoms with van der Waals surface area (Å²) >= 11 is 0. The van der Waals surface area contributed by atoms with Gasteiger partial charge in [-0.2, -0.15) is 26.3 Å². The molecule has 1 aromatic carbocycles. The molecular formula is C12H3N5O. The highest BCUT2D eigenvalue weighted by molar-refractivity contribution is 5.73. The molecule has 0 saturated carbocycles. The van der Waals surface area contributed by atoms with Crippen molar-refractivity contribution in [3.05, 3.63) is 27.8 Å². The Bertz CT molecular complexity index is 676. The normalized spacial score (nSPS) is 8.00. The Labute approximate surface area is 103 Å². The van der Waals surface area contributed by atoms with Crippen molar-refractivity contribution in [2.24, 2.45) is 0 Å². The molecule has 0 saturated heterocycles. The van der Waals surface area contributed by atoms with Gasteiger partial charge >= 0.3 is 0 Å². The highest BCUT2D eigenvalue weighted by Crippen LogP contribution is 2.32. The lowest BCUT2D eigenvalue weighted by Crippen LogP contribution is -2.03. The third kappa shape index (κ3) is 1.56. The molecule has 0 spiro atoms. The maximum atomic E-state index is 8.98. The molecule has 0 aromatic heterocycles. The maximum Gasteiger partial charge on any atom is 0.157 e. The number of rotatable bonds is 1. The second-order valence-electron chi connectivity index (χ2n) is 2.97. The minimum atomic E-state index is -0.283. The summed E-state index contributed by atoms with van der Waals surface area (Å²) in [6.45, 7) is 0. The van der Waals surface area contributed by atoms with Gasteiger partial charge in [-0.3, -0.25) is 0 Å². The zero-order valence-electron chi connectivity index (χ0n) is 9.14. The van der Waals surface area contributed by atoms with Crippen LogP contribution in [0.15, 0.2) is 0 Å². The van der Waals surface area contributed by atoms with Crippen molar-refractivity contribution < 1.29 is 4.74 Å². The summed E-state index contributed by atoms with van der Waals surface area (Å²) in [5, 5.41) is 44.8. The third-order valence-electron chi connectivity index (χ3n) is 2.22. The molecule has 0 fully saturated rings. The largest absolute Gasteiger partial charge is 0.494 e. The van der Waals surface area contributed by atoms with Crippen molar-refractivity contribution in [1.82, 2.24) is 0 Å². The second kappa shape index (κ2) is 5.00. The summed E-state index contributed by atoms with van der Waals surface area (Å²) in [6.07, 6.45) is 0. The van der Waals surface area contributed by atoms with Crippen molar-refractivity contribution in [3.63, 3.8) is 0 Å². The van der Waals surface area contributed by atoms with E-state index in [-0.39, 0.29) is 33.6 Å². The number of nitriles is 5. The van der Waals surface area contributed by atoms with Gasteiger partial charge in [0.1, 0.15) is 41.5 Å². The zero-order chi connectivity index (χ0) is 13.7. The average molecular weight is 233 g/mol. The van der Waals surface area contributed by atoms with E-state index in [1.54, 1.807) is 30.3 Å². The van der Waals surface area contributed by atoms with Crippen LogP contribution < -0.4 is 4.74 Å². The van der Waals surface area contributed by atoms with Gasteiger partial charge < -0.3 is 4.74 Å². The van der Waals surface area contributed by atoms with E-state index in [4.69, 9.17) is 31.0 Å². The van der Waals surface area contributed by atoms with Crippen LogP contribution in [0.1, 0.15) is 27.8 Å². The molecule has 0 atom stereocenters. The Hall–Kier alpha value is -3.53. The molecular weight excluding hydrogens is 230 g/mol. The van der Waals surface area contributed by atoms with Gasteiger partial charge in [0, 0.05) is 0 Å². The fraction of sp³-hybridized carbons (Fsp3) is 0.0833. The summed E-state index contributed by atoms with van der Waals surface area (Å²) in [5.74, 6) is -0.160. The summed E-state index contributed by atoms with van der Waals surface area (Å²) in [4.78, 5) is 0. The lowest BCUT2D eigenvalue weighted by molar-refractivity contribution is 0.412. The van der Waals surface area contributed by atoms with Gasteiger partial charge in [-0.05, 0) is 0 Å². The van der Waals surface area contributed by atoms with E-state index in [9.17, 15) is 0 Å². The van der Waals surface area contributed by atoms with Gasteiger partial charge in [-0.25, -0.2) is 0 Å². The number of hydrogen-bond acceptors (Lipinski definition) is 6. The van der Waals surface area contributed by atoms with Gasteiger partial charge in [0.2, 0.25) is 0 Å². The SMILES string of the molecule is COc1c(C#N)c(C#N)c(C#N)c(C#N)c1C#N. The van der Waals surface area contributed by atoms with Crippen LogP contribution >= 0.6 is 0 Å². The summed E-state index contributed by atoms with van der Waals surface area (Å²) < 4.78 is 4.89. The van der Waals surface area contributed by atoms with E-state index in [1.807, 2.05) is 0 Å². The molecule has 6 nitrogen and oxygen atoms in total. The lowest BCUT2D eigenvalue weighted by Gasteiger charge is -2.09. The van der Waals surface area contributed by atoms with Crippen molar-refractivity contribution in [1.29, 1.82) is 26.3 Å². The lowest BCUT2D eigenvalue weighted by atomic mass is 9.93. The first-order valence-corrected chi connectivity index (χ1v) is 4.48. The van der Waals surface area contributed by atoms with Crippen LogP contribution in [-0.4, -0.2) is 7.11 Å². The highest BCUT2D eigenvalue weighted by Gasteiger charge is 2.24. The summed E-state index contributed by atoms with van der Waals surface area (Å²) in [6, 6.07) is 8.44. The predicted molar refractivity (Wildman–Crippen MR) is 56.6 cm³/mol. The third-order valence-corrected chi connectivity index (χ3v) is 2.22. The molecule has 0 N–H and O–H groups in total. The van der Waals surface area contributed by atoms with Crippen LogP contribution in [0.25, 0.3) is 0 Å². The molecule has 18 heavy (non-hydrogen) atoms. The smallest absolute Gasteiger partial charge is 0.157 e. The van der Waals surface area contributed by atoms with E-state index >= 15 is 0 Å². The Morgan fingerprint density at radius 2 is 0.889 bits per heavy atom. The topological polar surface area (TPSA) is 128 Å². The van der Waals surface area contributed by atoms with Crippen molar-refractivity contribution in [3.8, 4) is 36.1 Å². The number of methoxy groups -OCH3 is 1. The van der Waals surface area contributed by atoms with Gasteiger partial charge in [0.25, 0.3) is 0 Å². The van der Waals surface area contributed by atoms with Crippen molar-refractivity contribution in [2.75, 3.05) is 7.11 Å². The predicted octanol–water partition coefficient (Wildman–Crippen LogP) is 1.05. The fourth-order valence-electron chi connectivity index (χ4n) is 1.48. The van der Waals surface area contributed by atoms with E-state index in [2.05, 4.69) is 0 Å². The average Bonchev–Trinajstić information content (AvgIpc) is 2.43. The van der Waals surface area contributed by atoms with Gasteiger partial charge in [0.15, 0.2) is 5.75 Å². The van der Waals surface area contributed by atoms with Crippen LogP contribution in [0.5, 0.6) is 5.75 Å². The quantitative estimate of drug-likeness (QED) is 0.712. The van der Waals surface area contributed by atoms with Crippen LogP contribution in [-0.2, 0) is 0 Å². The molecule has 0 aliphatic carbocycles. The Morgan fingerprint density at radius 1 is 0.611 bits per heavy atom. The first kappa shape index (κ1) is 12.5. The fourth-order valence-corrected chi connectivity index (χ4v) is 1.48. The van der Waals surface area contributed by atoms with E-state index < -0.39 is 0 Å². The summed E-state index contributed by atoms with van der Waals surface area (Å²) in [5.41, 5.74) is -1.23. The van der Waals surface area contributed by atoms with Crippen LogP contribution in [0.2, 0.25) is 0 Å². The van der Waals surface area contributed by atoms with Crippen LogP contribution in [0.3, 0.4) is 0 Å². The molecule has 0 amide bonds. The molecule has 0 radical (unpaired) electrons. The van der Waals surface area contributed by atoms with Crippen LogP contribution in [0, 0.1) is 56.7 Å². The molecule has 0 aliphatic heterocycles. The molecule has 0 aliphatic rings. The molecule has 0 bridgehead atoms. The maximum absolute atomic E-state index is 8.98. The van der Waals surface area contributed by atoms with E-state index in [1.165, 1.54) is 7.11 Å². The number of nitrogens with zero attached hydrogens (tertiary/aromatic N) is 5. The monoisotopic (exact) mass is 233 g/mol. The highest BCUT2D eigenvalue weighted by atomic mass is 16.5. The van der Waals surface area contributed by atoms with E-state index in [0.717, 1.165) is 0 Å². The van der Waals surface area contributed by atoms with Crippen molar-refractivity contribution >= 4 is 0 Å². The molecule has 1 aromatic rings. The molecule has 6 heteroatoms. The number of benzene rings is 1. The molecule has 0 heterocycles. The Kier molecular flexibility index (Phi) is 3.48. The second-order valence-corrected chi connectivity index (χ2v) is 2.97. The number of hydrogen-bond donors (Lipinski definition) is 0. The first-order valence-electron chi connectivity index (χ1n) is 4.48. The zero-order valence-corrected chi connectivity index (χ0v) is 9.14. The minimum Gasteiger partial charge on any atom is -0.494 e. The van der Waals surface area contributed by atoms with E-state index in [0.29, 0.717) is 0 Å². The Morgan fingerprint density at radius 3 is 1.11 bits per heavy atom. The standard InChI is InChI=1S/C12H3N5O/c1-18-12-10(5-16)8(3-14)7(2-13)9(4-15)11(12)6-17/h1H3. The van der Waals surface area contributed by atoms with Gasteiger partial charge in [0.05, 0.1) is 23.8 Å². The van der Waals surface area contributed by atoms with Gasteiger partial charge in [-0.15, -0.1) is 0 Å². The minimum absolute atomic E-state index is 0.160. The number of ether oxygens (including phenoxy) is 1. The van der Waals surface area contributed by atoms with Crippen molar-refractivity contribution in [2.45, 2.75) is 0 Å². The Balaban J connectivity index is 4.12. The van der Waals surface area contributed by atoms with Gasteiger partial charge in [-0.1, -0.05) is 0 Å². The van der Waals surface area contributed by atoms with Crippen LogP contribution in [0.4, 0.5) is 0 Å². The molecule has 82 valence electrons. The first-order chi connectivity index (χ1) is 8.69. The molecule has 0 unspecified atom stereocenters.